The van der Waals surface area contributed by atoms with Crippen molar-refractivity contribution in [3.63, 3.8) is 0 Å². The zero-order valence-corrected chi connectivity index (χ0v) is 22.0. The predicted octanol–water partition coefficient (Wildman–Crippen LogP) is 4.89. The molecule has 1 saturated heterocycles. The molecule has 1 fully saturated rings. The van der Waals surface area contributed by atoms with Gasteiger partial charge in [0, 0.05) is 12.1 Å². The number of anilines is 1. The van der Waals surface area contributed by atoms with E-state index >= 15 is 0 Å². The number of hydrogen-bond donors (Lipinski definition) is 1. The first kappa shape index (κ1) is 24.2. The molecule has 0 saturated carbocycles. The SMILES string of the molecule is Cc1ccc(N2C(=O)[C@@H]3C4c5ccccc5C(/C=N\NC(=O)Cc5ccccc5)(c5ccccc54)[C@@H]3C2=O)cc1. The van der Waals surface area contributed by atoms with Crippen molar-refractivity contribution in [1.82, 2.24) is 5.43 Å². The summed E-state index contributed by atoms with van der Waals surface area (Å²) in [5, 5.41) is 4.48. The van der Waals surface area contributed by atoms with Crippen molar-refractivity contribution in [1.29, 1.82) is 0 Å². The Morgan fingerprint density at radius 1 is 0.825 bits per heavy atom. The summed E-state index contributed by atoms with van der Waals surface area (Å²) in [7, 11) is 0. The average Bonchev–Trinajstić information content (AvgIpc) is 3.25. The molecule has 2 atom stereocenters. The molecule has 3 aliphatic carbocycles. The molecule has 0 unspecified atom stereocenters. The number of hydrogen-bond acceptors (Lipinski definition) is 4. The maximum atomic E-state index is 14.3. The molecule has 8 rings (SSSR count). The van der Waals surface area contributed by atoms with Gasteiger partial charge in [0.15, 0.2) is 0 Å². The third-order valence-corrected chi connectivity index (χ3v) is 8.64. The fourth-order valence-electron chi connectivity index (χ4n) is 7.02. The van der Waals surface area contributed by atoms with Crippen molar-refractivity contribution in [3.05, 3.63) is 137 Å². The summed E-state index contributed by atoms with van der Waals surface area (Å²) in [6, 6.07) is 33.0. The molecule has 1 aliphatic heterocycles. The van der Waals surface area contributed by atoms with Crippen LogP contribution in [0.2, 0.25) is 0 Å². The van der Waals surface area contributed by atoms with Gasteiger partial charge < -0.3 is 0 Å². The van der Waals surface area contributed by atoms with Gasteiger partial charge in [-0.3, -0.25) is 14.4 Å². The zero-order chi connectivity index (χ0) is 27.4. The lowest BCUT2D eigenvalue weighted by atomic mass is 9.47. The van der Waals surface area contributed by atoms with E-state index in [1.807, 2.05) is 97.9 Å². The predicted molar refractivity (Wildman–Crippen MR) is 153 cm³/mol. The van der Waals surface area contributed by atoms with Gasteiger partial charge in [-0.2, -0.15) is 5.10 Å². The molecule has 6 heteroatoms. The molecule has 6 nitrogen and oxygen atoms in total. The third kappa shape index (κ3) is 3.42. The minimum Gasteiger partial charge on any atom is -0.274 e. The van der Waals surface area contributed by atoms with Crippen LogP contribution >= 0.6 is 0 Å². The molecule has 4 aliphatic rings. The van der Waals surface area contributed by atoms with Crippen LogP contribution in [-0.4, -0.2) is 23.9 Å². The zero-order valence-electron chi connectivity index (χ0n) is 22.0. The van der Waals surface area contributed by atoms with Gasteiger partial charge in [-0.15, -0.1) is 0 Å². The Labute approximate surface area is 232 Å². The molecule has 4 aromatic carbocycles. The number of rotatable bonds is 5. The van der Waals surface area contributed by atoms with Crippen LogP contribution in [-0.2, 0) is 26.2 Å². The maximum Gasteiger partial charge on any atom is 0.244 e. The molecule has 1 N–H and O–H groups in total. The Morgan fingerprint density at radius 2 is 1.43 bits per heavy atom. The fraction of sp³-hybridized carbons (Fsp3) is 0.176. The van der Waals surface area contributed by atoms with Crippen molar-refractivity contribution in [2.45, 2.75) is 24.7 Å². The highest BCUT2D eigenvalue weighted by molar-refractivity contribution is 6.25. The highest BCUT2D eigenvalue weighted by Gasteiger charge is 2.68. The number of imide groups is 1. The minimum atomic E-state index is -1.02. The molecule has 196 valence electrons. The summed E-state index contributed by atoms with van der Waals surface area (Å²) in [4.78, 5) is 42.7. The van der Waals surface area contributed by atoms with Crippen LogP contribution < -0.4 is 10.3 Å². The molecule has 3 amide bonds. The number of hydrazone groups is 1. The van der Waals surface area contributed by atoms with Crippen molar-refractivity contribution in [3.8, 4) is 0 Å². The van der Waals surface area contributed by atoms with E-state index in [1.54, 1.807) is 6.21 Å². The highest BCUT2D eigenvalue weighted by Crippen LogP contribution is 2.63. The van der Waals surface area contributed by atoms with Crippen molar-refractivity contribution in [2.75, 3.05) is 4.90 Å². The van der Waals surface area contributed by atoms with Crippen LogP contribution in [0, 0.1) is 18.8 Å². The second-order valence-corrected chi connectivity index (χ2v) is 10.8. The van der Waals surface area contributed by atoms with Crippen LogP contribution in [0.25, 0.3) is 0 Å². The van der Waals surface area contributed by atoms with Gasteiger partial charge in [0.1, 0.15) is 0 Å². The van der Waals surface area contributed by atoms with E-state index in [-0.39, 0.29) is 30.1 Å². The Hall–Kier alpha value is -4.84. The number of nitrogens with one attached hydrogen (secondary N) is 1. The molecule has 0 spiro atoms. The van der Waals surface area contributed by atoms with Gasteiger partial charge in [-0.05, 0) is 46.9 Å². The van der Waals surface area contributed by atoms with E-state index in [0.29, 0.717) is 5.69 Å². The summed E-state index contributed by atoms with van der Waals surface area (Å²) in [6.07, 6.45) is 1.88. The quantitative estimate of drug-likeness (QED) is 0.229. The number of carbonyl (C=O) groups excluding carboxylic acids is 3. The lowest BCUT2D eigenvalue weighted by molar-refractivity contribution is -0.123. The molecule has 2 bridgehead atoms. The van der Waals surface area contributed by atoms with Gasteiger partial charge in [0.25, 0.3) is 0 Å². The molecule has 1 heterocycles. The first-order chi connectivity index (χ1) is 19.5. The average molecular weight is 526 g/mol. The highest BCUT2D eigenvalue weighted by atomic mass is 16.2. The fourth-order valence-corrected chi connectivity index (χ4v) is 7.02. The summed E-state index contributed by atoms with van der Waals surface area (Å²) in [5.41, 5.74) is 8.14. The molecular weight excluding hydrogens is 498 g/mol. The third-order valence-electron chi connectivity index (χ3n) is 8.64. The number of nitrogens with zero attached hydrogens (tertiary/aromatic N) is 2. The van der Waals surface area contributed by atoms with E-state index in [4.69, 9.17) is 0 Å². The topological polar surface area (TPSA) is 78.8 Å². The monoisotopic (exact) mass is 525 g/mol. The van der Waals surface area contributed by atoms with Crippen LogP contribution in [0.3, 0.4) is 0 Å². The van der Waals surface area contributed by atoms with E-state index in [0.717, 1.165) is 33.4 Å². The Bertz CT molecular complexity index is 1650. The van der Waals surface area contributed by atoms with E-state index in [2.05, 4.69) is 22.7 Å². The smallest absolute Gasteiger partial charge is 0.244 e. The lowest BCUT2D eigenvalue weighted by Crippen LogP contribution is -2.54. The first-order valence-electron chi connectivity index (χ1n) is 13.5. The van der Waals surface area contributed by atoms with Crippen molar-refractivity contribution >= 4 is 29.6 Å². The number of carbonyl (C=O) groups is 3. The van der Waals surface area contributed by atoms with Gasteiger partial charge in [-0.1, -0.05) is 96.6 Å². The molecular formula is C34H27N3O3. The van der Waals surface area contributed by atoms with Gasteiger partial charge in [-0.25, -0.2) is 10.3 Å². The van der Waals surface area contributed by atoms with Crippen LogP contribution in [0.15, 0.2) is 108 Å². The molecule has 40 heavy (non-hydrogen) atoms. The summed E-state index contributed by atoms with van der Waals surface area (Å²) < 4.78 is 0. The molecule has 0 aromatic heterocycles. The molecule has 4 aromatic rings. The first-order valence-corrected chi connectivity index (χ1v) is 13.5. The largest absolute Gasteiger partial charge is 0.274 e. The van der Waals surface area contributed by atoms with Crippen molar-refractivity contribution in [2.24, 2.45) is 16.9 Å². The van der Waals surface area contributed by atoms with E-state index in [1.165, 1.54) is 4.90 Å². The van der Waals surface area contributed by atoms with Crippen molar-refractivity contribution < 1.29 is 14.4 Å². The second kappa shape index (κ2) is 9.12. The van der Waals surface area contributed by atoms with E-state index in [9.17, 15) is 14.4 Å². The normalized spacial score (nSPS) is 24.1. The number of aryl methyl sites for hydroxylation is 1. The van der Waals surface area contributed by atoms with Crippen LogP contribution in [0.5, 0.6) is 0 Å². The summed E-state index contributed by atoms with van der Waals surface area (Å²) >= 11 is 0. The van der Waals surface area contributed by atoms with Crippen LogP contribution in [0.4, 0.5) is 5.69 Å². The minimum absolute atomic E-state index is 0.186. The number of benzene rings is 4. The lowest BCUT2D eigenvalue weighted by Gasteiger charge is -2.52. The second-order valence-electron chi connectivity index (χ2n) is 10.8. The van der Waals surface area contributed by atoms with Gasteiger partial charge in [0.05, 0.1) is 29.4 Å². The maximum absolute atomic E-state index is 14.3. The number of amides is 3. The van der Waals surface area contributed by atoms with Gasteiger partial charge >= 0.3 is 0 Å². The van der Waals surface area contributed by atoms with Gasteiger partial charge in [0.2, 0.25) is 17.7 Å². The molecule has 0 radical (unpaired) electrons. The summed E-state index contributed by atoms with van der Waals surface area (Å²) in [6.45, 7) is 1.97. The van der Waals surface area contributed by atoms with Crippen LogP contribution in [0.1, 0.15) is 39.3 Å². The Balaban J connectivity index is 1.36. The standard InChI is InChI=1S/C34H27N3O3/c1-21-15-17-23(18-16-21)37-32(39)30-29-24-11-5-7-13-26(24)34(31(30)33(37)40,27-14-8-6-12-25(27)29)20-35-36-28(38)19-22-9-3-2-4-10-22/h2-18,20,29-31H,19H2,1H3,(H,36,38)/b35-20-/t29?,30-,31+,34?/m1/s1. The van der Waals surface area contributed by atoms with E-state index < -0.39 is 17.3 Å². The Morgan fingerprint density at radius 3 is 2.08 bits per heavy atom. The summed E-state index contributed by atoms with van der Waals surface area (Å²) in [5.74, 6) is -2.20. The Kier molecular flexibility index (Phi) is 5.52.